The van der Waals surface area contributed by atoms with Crippen LogP contribution in [0.5, 0.6) is 0 Å². The van der Waals surface area contributed by atoms with Gasteiger partial charge in [0.15, 0.2) is 5.96 Å². The Bertz CT molecular complexity index is 522. The van der Waals surface area contributed by atoms with Crippen LogP contribution >= 0.6 is 11.3 Å². The lowest BCUT2D eigenvalue weighted by molar-refractivity contribution is 0.698. The molecule has 5 heteroatoms. The number of rotatable bonds is 5. The zero-order valence-corrected chi connectivity index (χ0v) is 12.7. The summed E-state index contributed by atoms with van der Waals surface area (Å²) in [4.78, 5) is 8.50. The quantitative estimate of drug-likeness (QED) is 0.657. The number of thiophene rings is 1. The zero-order valence-electron chi connectivity index (χ0n) is 11.8. The molecule has 4 nitrogen and oxygen atoms in total. The fraction of sp³-hybridized carbons (Fsp3) is 0.333. The van der Waals surface area contributed by atoms with Crippen molar-refractivity contribution in [3.63, 3.8) is 0 Å². The minimum atomic E-state index is 0.467. The molecular formula is C15H20N4S. The maximum Gasteiger partial charge on any atom is 0.191 e. The van der Waals surface area contributed by atoms with Crippen LogP contribution in [-0.2, 0) is 6.54 Å². The fourth-order valence-electron chi connectivity index (χ4n) is 1.82. The van der Waals surface area contributed by atoms with Gasteiger partial charge < -0.3 is 10.6 Å². The minimum absolute atomic E-state index is 0.467. The molecule has 0 spiro atoms. The van der Waals surface area contributed by atoms with Gasteiger partial charge >= 0.3 is 0 Å². The van der Waals surface area contributed by atoms with Crippen LogP contribution in [0, 0.1) is 0 Å². The predicted octanol–water partition coefficient (Wildman–Crippen LogP) is 2.61. The number of pyridine rings is 1. The van der Waals surface area contributed by atoms with E-state index in [0.717, 1.165) is 18.2 Å². The molecule has 0 aliphatic carbocycles. The molecule has 0 fully saturated rings. The topological polar surface area (TPSA) is 49.3 Å². The number of aliphatic imine (C=N–C) groups is 1. The van der Waals surface area contributed by atoms with Crippen molar-refractivity contribution in [2.75, 3.05) is 13.6 Å². The van der Waals surface area contributed by atoms with Crippen LogP contribution in [0.25, 0.3) is 0 Å². The Labute approximate surface area is 124 Å². The molecule has 1 atom stereocenters. The highest BCUT2D eigenvalue weighted by Gasteiger charge is 2.06. The SMILES string of the molecule is CN=C(NCc1ccccn1)NCC(C)c1ccsc1. The van der Waals surface area contributed by atoms with Gasteiger partial charge in [0.05, 0.1) is 12.2 Å². The molecule has 2 N–H and O–H groups in total. The van der Waals surface area contributed by atoms with Crippen molar-refractivity contribution < 1.29 is 0 Å². The summed E-state index contributed by atoms with van der Waals surface area (Å²) in [5.74, 6) is 1.27. The first-order valence-electron chi connectivity index (χ1n) is 6.66. The number of hydrogen-bond acceptors (Lipinski definition) is 3. The Balaban J connectivity index is 1.78. The van der Waals surface area contributed by atoms with Crippen molar-refractivity contribution in [2.45, 2.75) is 19.4 Å². The van der Waals surface area contributed by atoms with E-state index in [9.17, 15) is 0 Å². The highest BCUT2D eigenvalue weighted by Crippen LogP contribution is 2.16. The van der Waals surface area contributed by atoms with Gasteiger partial charge in [0, 0.05) is 19.8 Å². The molecule has 1 unspecified atom stereocenters. The highest BCUT2D eigenvalue weighted by atomic mass is 32.1. The van der Waals surface area contributed by atoms with Crippen molar-refractivity contribution in [1.82, 2.24) is 15.6 Å². The van der Waals surface area contributed by atoms with Gasteiger partial charge in [-0.15, -0.1) is 0 Å². The van der Waals surface area contributed by atoms with Gasteiger partial charge in [-0.05, 0) is 40.4 Å². The summed E-state index contributed by atoms with van der Waals surface area (Å²) >= 11 is 1.73. The summed E-state index contributed by atoms with van der Waals surface area (Å²) < 4.78 is 0. The van der Waals surface area contributed by atoms with Gasteiger partial charge in [0.1, 0.15) is 0 Å². The van der Waals surface area contributed by atoms with Crippen LogP contribution in [0.4, 0.5) is 0 Å². The first-order valence-corrected chi connectivity index (χ1v) is 7.60. The van der Waals surface area contributed by atoms with E-state index in [1.807, 2.05) is 18.2 Å². The summed E-state index contributed by atoms with van der Waals surface area (Å²) in [6.07, 6.45) is 1.80. The molecular weight excluding hydrogens is 268 g/mol. The molecule has 0 amide bonds. The molecule has 0 aliphatic rings. The molecule has 0 aliphatic heterocycles. The second kappa shape index (κ2) is 7.65. The van der Waals surface area contributed by atoms with E-state index in [1.165, 1.54) is 5.56 Å². The van der Waals surface area contributed by atoms with E-state index in [2.05, 4.69) is 44.4 Å². The Morgan fingerprint density at radius 2 is 2.25 bits per heavy atom. The third-order valence-corrected chi connectivity index (χ3v) is 3.78. The first kappa shape index (κ1) is 14.5. The lowest BCUT2D eigenvalue weighted by atomic mass is 10.1. The lowest BCUT2D eigenvalue weighted by Crippen LogP contribution is -2.38. The average molecular weight is 288 g/mol. The van der Waals surface area contributed by atoms with Crippen LogP contribution in [0.1, 0.15) is 24.1 Å². The van der Waals surface area contributed by atoms with E-state index >= 15 is 0 Å². The Morgan fingerprint density at radius 1 is 1.35 bits per heavy atom. The maximum atomic E-state index is 4.28. The Kier molecular flexibility index (Phi) is 5.55. The van der Waals surface area contributed by atoms with Crippen molar-refractivity contribution >= 4 is 17.3 Å². The van der Waals surface area contributed by atoms with Gasteiger partial charge in [-0.2, -0.15) is 11.3 Å². The molecule has 0 saturated heterocycles. The third kappa shape index (κ3) is 4.35. The molecule has 0 bridgehead atoms. The van der Waals surface area contributed by atoms with Crippen LogP contribution in [0.3, 0.4) is 0 Å². The number of guanidine groups is 1. The minimum Gasteiger partial charge on any atom is -0.356 e. The van der Waals surface area contributed by atoms with E-state index in [4.69, 9.17) is 0 Å². The monoisotopic (exact) mass is 288 g/mol. The second-order valence-corrected chi connectivity index (χ2v) is 5.37. The lowest BCUT2D eigenvalue weighted by Gasteiger charge is -2.15. The summed E-state index contributed by atoms with van der Waals surface area (Å²) in [7, 11) is 1.78. The Hall–Kier alpha value is -1.88. The van der Waals surface area contributed by atoms with Crippen molar-refractivity contribution in [3.05, 3.63) is 52.5 Å². The largest absolute Gasteiger partial charge is 0.356 e. The molecule has 106 valence electrons. The number of nitrogens with one attached hydrogen (secondary N) is 2. The van der Waals surface area contributed by atoms with E-state index in [-0.39, 0.29) is 0 Å². The molecule has 2 aromatic rings. The smallest absolute Gasteiger partial charge is 0.191 e. The first-order chi connectivity index (χ1) is 9.79. The molecule has 0 radical (unpaired) electrons. The third-order valence-electron chi connectivity index (χ3n) is 3.07. The second-order valence-electron chi connectivity index (χ2n) is 4.59. The zero-order chi connectivity index (χ0) is 14.2. The highest BCUT2D eigenvalue weighted by molar-refractivity contribution is 7.07. The molecule has 20 heavy (non-hydrogen) atoms. The molecule has 0 aromatic carbocycles. The standard InChI is InChI=1S/C15H20N4S/c1-12(13-6-8-20-11-13)9-18-15(16-2)19-10-14-5-3-4-7-17-14/h3-8,11-12H,9-10H2,1-2H3,(H2,16,18,19). The summed E-state index contributed by atoms with van der Waals surface area (Å²) in [5, 5.41) is 10.9. The number of hydrogen-bond donors (Lipinski definition) is 2. The normalized spacial score (nSPS) is 13.0. The summed E-state index contributed by atoms with van der Waals surface area (Å²) in [6.45, 7) is 3.74. The average Bonchev–Trinajstić information content (AvgIpc) is 3.02. The van der Waals surface area contributed by atoms with E-state index in [0.29, 0.717) is 12.5 Å². The summed E-state index contributed by atoms with van der Waals surface area (Å²) in [5.41, 5.74) is 2.36. The number of aromatic nitrogens is 1. The van der Waals surface area contributed by atoms with Crippen molar-refractivity contribution in [2.24, 2.45) is 4.99 Å². The van der Waals surface area contributed by atoms with Crippen LogP contribution < -0.4 is 10.6 Å². The van der Waals surface area contributed by atoms with Gasteiger partial charge in [-0.1, -0.05) is 13.0 Å². The van der Waals surface area contributed by atoms with Gasteiger partial charge in [0.25, 0.3) is 0 Å². The van der Waals surface area contributed by atoms with Gasteiger partial charge in [-0.25, -0.2) is 0 Å². The maximum absolute atomic E-state index is 4.28. The van der Waals surface area contributed by atoms with Gasteiger partial charge in [-0.3, -0.25) is 9.98 Å². The van der Waals surface area contributed by atoms with Crippen molar-refractivity contribution in [1.29, 1.82) is 0 Å². The van der Waals surface area contributed by atoms with Gasteiger partial charge in [0.2, 0.25) is 0 Å². The van der Waals surface area contributed by atoms with Crippen LogP contribution in [0.2, 0.25) is 0 Å². The van der Waals surface area contributed by atoms with Crippen LogP contribution in [0.15, 0.2) is 46.2 Å². The van der Waals surface area contributed by atoms with Crippen LogP contribution in [-0.4, -0.2) is 24.5 Å². The molecule has 2 rings (SSSR count). The van der Waals surface area contributed by atoms with E-state index in [1.54, 1.807) is 24.6 Å². The molecule has 2 aromatic heterocycles. The Morgan fingerprint density at radius 3 is 2.90 bits per heavy atom. The molecule has 0 saturated carbocycles. The molecule has 2 heterocycles. The summed E-state index contributed by atoms with van der Waals surface area (Å²) in [6, 6.07) is 8.06. The predicted molar refractivity (Wildman–Crippen MR) is 85.2 cm³/mol. The number of nitrogens with zero attached hydrogens (tertiary/aromatic N) is 2. The van der Waals surface area contributed by atoms with Crippen molar-refractivity contribution in [3.8, 4) is 0 Å². The van der Waals surface area contributed by atoms with E-state index < -0.39 is 0 Å². The fourth-order valence-corrected chi connectivity index (χ4v) is 2.60.